The third-order valence-electron chi connectivity index (χ3n) is 3.57. The second-order valence-electron chi connectivity index (χ2n) is 6.14. The molecule has 0 spiro atoms. The van der Waals surface area contributed by atoms with Crippen LogP contribution in [0, 0.1) is 0 Å². The van der Waals surface area contributed by atoms with Gasteiger partial charge in [-0.05, 0) is 40.3 Å². The van der Waals surface area contributed by atoms with Crippen molar-refractivity contribution in [2.24, 2.45) is 5.73 Å². The molecule has 0 saturated heterocycles. The molecule has 0 aliphatic heterocycles. The number of rotatable bonds is 16. The molecule has 0 rings (SSSR count). The predicted octanol–water partition coefficient (Wildman–Crippen LogP) is -0.241. The maximum atomic E-state index is 12.2. The van der Waals surface area contributed by atoms with Crippen LogP contribution in [0.15, 0.2) is 0 Å². The molecule has 0 aromatic heterocycles. The maximum absolute atomic E-state index is 12.2. The summed E-state index contributed by atoms with van der Waals surface area (Å²) in [6.45, 7) is 5.68. The van der Waals surface area contributed by atoms with Gasteiger partial charge in [0.1, 0.15) is 12.6 Å². The number of ketones is 1. The molecule has 0 amide bonds. The minimum absolute atomic E-state index is 0.0852. The lowest BCUT2D eigenvalue weighted by Gasteiger charge is -2.28. The number of aliphatic carboxylic acids is 1. The Kier molecular flexibility index (Phi) is 12.7. The zero-order chi connectivity index (χ0) is 18.4. The summed E-state index contributed by atoms with van der Waals surface area (Å²) in [5.41, 5.74) is 4.32. The fourth-order valence-corrected chi connectivity index (χ4v) is 2.07. The fourth-order valence-electron chi connectivity index (χ4n) is 2.07. The Morgan fingerprint density at radius 3 is 2.42 bits per heavy atom. The Balaban J connectivity index is 4.23. The van der Waals surface area contributed by atoms with E-state index in [4.69, 9.17) is 15.2 Å². The van der Waals surface area contributed by atoms with E-state index in [1.807, 2.05) is 7.05 Å². The van der Waals surface area contributed by atoms with Crippen molar-refractivity contribution < 1.29 is 24.2 Å². The van der Waals surface area contributed by atoms with E-state index in [1.54, 1.807) is 13.8 Å². The summed E-state index contributed by atoms with van der Waals surface area (Å²) in [6.07, 6.45) is 2.13. The van der Waals surface area contributed by atoms with Crippen molar-refractivity contribution in [2.45, 2.75) is 44.7 Å². The van der Waals surface area contributed by atoms with Crippen LogP contribution in [0.4, 0.5) is 0 Å². The molecule has 0 radical (unpaired) electrons. The topological polar surface area (TPSA) is 123 Å². The molecule has 0 heterocycles. The summed E-state index contributed by atoms with van der Waals surface area (Å²) in [6, 6.07) is -0.756. The number of ether oxygens (including phenoxy) is 2. The molecule has 1 atom stereocenters. The smallest absolute Gasteiger partial charge is 0.320 e. The lowest BCUT2D eigenvalue weighted by molar-refractivity contribution is -0.141. The molecular formula is C16H33N3O5. The first-order chi connectivity index (χ1) is 11.3. The van der Waals surface area contributed by atoms with Crippen molar-refractivity contribution in [1.82, 2.24) is 10.6 Å². The second kappa shape index (κ2) is 13.3. The number of carboxylic acids is 1. The number of hydrogen-bond donors (Lipinski definition) is 4. The molecule has 1 unspecified atom stereocenters. The van der Waals surface area contributed by atoms with Crippen LogP contribution in [0.25, 0.3) is 0 Å². The normalized spacial score (nSPS) is 13.0. The third kappa shape index (κ3) is 10.7. The van der Waals surface area contributed by atoms with Crippen LogP contribution < -0.4 is 16.4 Å². The first kappa shape index (κ1) is 22.9. The van der Waals surface area contributed by atoms with E-state index in [9.17, 15) is 14.7 Å². The van der Waals surface area contributed by atoms with Crippen LogP contribution in [-0.2, 0) is 19.1 Å². The van der Waals surface area contributed by atoms with Crippen LogP contribution in [0.1, 0.15) is 33.1 Å². The summed E-state index contributed by atoms with van der Waals surface area (Å²) >= 11 is 0. The molecular weight excluding hydrogens is 314 g/mol. The average Bonchev–Trinajstić information content (AvgIpc) is 2.53. The van der Waals surface area contributed by atoms with Gasteiger partial charge in [0.2, 0.25) is 0 Å². The van der Waals surface area contributed by atoms with Gasteiger partial charge in [-0.2, -0.15) is 0 Å². The van der Waals surface area contributed by atoms with E-state index < -0.39 is 17.6 Å². The molecule has 0 bridgehead atoms. The molecule has 24 heavy (non-hydrogen) atoms. The van der Waals surface area contributed by atoms with E-state index in [0.717, 1.165) is 19.4 Å². The van der Waals surface area contributed by atoms with Gasteiger partial charge in [0, 0.05) is 6.54 Å². The van der Waals surface area contributed by atoms with Crippen molar-refractivity contribution in [1.29, 1.82) is 0 Å². The van der Waals surface area contributed by atoms with Crippen LogP contribution >= 0.6 is 0 Å². The quantitative estimate of drug-likeness (QED) is 0.282. The van der Waals surface area contributed by atoms with E-state index >= 15 is 0 Å². The lowest BCUT2D eigenvalue weighted by atomic mass is 9.96. The molecule has 0 aliphatic carbocycles. The number of carbonyl (C=O) groups is 2. The highest BCUT2D eigenvalue weighted by Gasteiger charge is 2.32. The van der Waals surface area contributed by atoms with Gasteiger partial charge >= 0.3 is 5.97 Å². The Morgan fingerprint density at radius 1 is 1.17 bits per heavy atom. The zero-order valence-electron chi connectivity index (χ0n) is 15.1. The Hall–Kier alpha value is -1.06. The van der Waals surface area contributed by atoms with Crippen molar-refractivity contribution in [3.8, 4) is 0 Å². The number of nitrogens with one attached hydrogen (secondary N) is 2. The number of hydrogen-bond acceptors (Lipinski definition) is 7. The van der Waals surface area contributed by atoms with E-state index in [1.165, 1.54) is 0 Å². The zero-order valence-corrected chi connectivity index (χ0v) is 15.1. The molecule has 142 valence electrons. The van der Waals surface area contributed by atoms with Gasteiger partial charge in [-0.3, -0.25) is 14.9 Å². The van der Waals surface area contributed by atoms with Crippen molar-refractivity contribution in [3.05, 3.63) is 0 Å². The number of nitrogens with two attached hydrogens (primary N) is 1. The van der Waals surface area contributed by atoms with Crippen LogP contribution in [0.3, 0.4) is 0 Å². The number of Topliss-reactive ketones (excluding diaryl/α,β-unsaturated/α-hetero) is 1. The van der Waals surface area contributed by atoms with Gasteiger partial charge in [0.05, 0.1) is 25.4 Å². The largest absolute Gasteiger partial charge is 0.480 e. The number of carboxylic acid groups (broad SMARTS) is 1. The number of carbonyl (C=O) groups excluding carboxylic acids is 1. The van der Waals surface area contributed by atoms with Crippen LogP contribution in [0.5, 0.6) is 0 Å². The molecule has 0 aromatic rings. The summed E-state index contributed by atoms with van der Waals surface area (Å²) in [5.74, 6) is -1.14. The van der Waals surface area contributed by atoms with Gasteiger partial charge in [-0.1, -0.05) is 6.42 Å². The summed E-state index contributed by atoms with van der Waals surface area (Å²) in [5, 5.41) is 15.3. The predicted molar refractivity (Wildman–Crippen MR) is 92.1 cm³/mol. The second-order valence-corrected chi connectivity index (χ2v) is 6.14. The SMILES string of the molecule is CNCCCCC(NC(C)(C)C(=O)COCCOCCN)C(=O)O. The van der Waals surface area contributed by atoms with Crippen molar-refractivity contribution in [2.75, 3.05) is 46.6 Å². The highest BCUT2D eigenvalue weighted by molar-refractivity contribution is 5.89. The van der Waals surface area contributed by atoms with E-state index in [2.05, 4.69) is 10.6 Å². The molecule has 0 aromatic carbocycles. The summed E-state index contributed by atoms with van der Waals surface area (Å²) in [7, 11) is 1.86. The lowest BCUT2D eigenvalue weighted by Crippen LogP contribution is -2.55. The Labute approximate surface area is 144 Å². The molecule has 0 aliphatic rings. The van der Waals surface area contributed by atoms with Gasteiger partial charge in [-0.15, -0.1) is 0 Å². The molecule has 8 nitrogen and oxygen atoms in total. The van der Waals surface area contributed by atoms with Gasteiger partial charge < -0.3 is 25.6 Å². The molecule has 5 N–H and O–H groups in total. The Morgan fingerprint density at radius 2 is 1.83 bits per heavy atom. The standard InChI is InChI=1S/C16H33N3O5/c1-16(2,14(20)12-24-11-10-23-9-7-17)19-13(15(21)22)6-4-5-8-18-3/h13,18-19H,4-12,17H2,1-3H3,(H,21,22). The van der Waals surface area contributed by atoms with Gasteiger partial charge in [0.15, 0.2) is 5.78 Å². The number of unbranched alkanes of at least 4 members (excludes halogenated alkanes) is 1. The Bertz CT molecular complexity index is 364. The van der Waals surface area contributed by atoms with Crippen LogP contribution in [0.2, 0.25) is 0 Å². The van der Waals surface area contributed by atoms with E-state index in [0.29, 0.717) is 32.8 Å². The maximum Gasteiger partial charge on any atom is 0.320 e. The van der Waals surface area contributed by atoms with Crippen molar-refractivity contribution in [3.63, 3.8) is 0 Å². The summed E-state index contributed by atoms with van der Waals surface area (Å²) in [4.78, 5) is 23.6. The van der Waals surface area contributed by atoms with Gasteiger partial charge in [0.25, 0.3) is 0 Å². The summed E-state index contributed by atoms with van der Waals surface area (Å²) < 4.78 is 10.4. The minimum atomic E-state index is -0.968. The van der Waals surface area contributed by atoms with Gasteiger partial charge in [-0.25, -0.2) is 0 Å². The highest BCUT2D eigenvalue weighted by Crippen LogP contribution is 2.10. The van der Waals surface area contributed by atoms with E-state index in [-0.39, 0.29) is 12.4 Å². The molecule has 0 fully saturated rings. The highest BCUT2D eigenvalue weighted by atomic mass is 16.5. The fraction of sp³-hybridized carbons (Fsp3) is 0.875. The average molecular weight is 347 g/mol. The van der Waals surface area contributed by atoms with Crippen molar-refractivity contribution >= 4 is 11.8 Å². The third-order valence-corrected chi connectivity index (χ3v) is 3.57. The minimum Gasteiger partial charge on any atom is -0.480 e. The first-order valence-corrected chi connectivity index (χ1v) is 8.39. The molecule has 8 heteroatoms. The first-order valence-electron chi connectivity index (χ1n) is 8.39. The molecule has 0 saturated carbocycles. The van der Waals surface area contributed by atoms with Crippen LogP contribution in [-0.4, -0.2) is 75.0 Å². The monoisotopic (exact) mass is 347 g/mol.